The summed E-state index contributed by atoms with van der Waals surface area (Å²) in [7, 11) is -0.679. The van der Waals surface area contributed by atoms with Gasteiger partial charge in [0.05, 0.1) is 11.9 Å². The minimum absolute atomic E-state index is 0.0796. The third kappa shape index (κ3) is 3.49. The van der Waals surface area contributed by atoms with Gasteiger partial charge in [0.15, 0.2) is 0 Å². The van der Waals surface area contributed by atoms with Gasteiger partial charge in [-0.25, -0.2) is 17.5 Å². The van der Waals surface area contributed by atoms with Crippen LogP contribution < -0.4 is 4.72 Å². The van der Waals surface area contributed by atoms with E-state index in [1.54, 1.807) is 38.2 Å². The quantitative estimate of drug-likeness (QED) is 0.735. The number of sulfonamides is 1. The van der Waals surface area contributed by atoms with Crippen molar-refractivity contribution >= 4 is 10.0 Å². The molecule has 0 aliphatic rings. The molecule has 2 aromatic carbocycles. The van der Waals surface area contributed by atoms with E-state index in [1.165, 1.54) is 24.0 Å². The molecule has 1 heterocycles. The van der Waals surface area contributed by atoms with Crippen LogP contribution in [0.2, 0.25) is 0 Å². The Morgan fingerprint density at radius 2 is 1.96 bits per heavy atom. The van der Waals surface area contributed by atoms with E-state index >= 15 is 0 Å². The highest BCUT2D eigenvalue weighted by atomic mass is 32.2. The Morgan fingerprint density at radius 3 is 2.62 bits per heavy atom. The molecule has 3 rings (SSSR count). The smallest absolute Gasteiger partial charge is 0.214 e. The van der Waals surface area contributed by atoms with Crippen molar-refractivity contribution in [1.82, 2.24) is 24.9 Å². The number of halogens is 1. The zero-order valence-electron chi connectivity index (χ0n) is 14.6. The van der Waals surface area contributed by atoms with Gasteiger partial charge in [0.25, 0.3) is 0 Å². The van der Waals surface area contributed by atoms with E-state index in [-0.39, 0.29) is 23.0 Å². The van der Waals surface area contributed by atoms with Crippen LogP contribution in [0, 0.1) is 12.7 Å². The fourth-order valence-corrected chi connectivity index (χ4v) is 3.40. The standard InChI is InChI=1S/C17H18FN5O2S/c1-11-5-4-6-13(16(11)18)9-12-7-8-14(26(24,25)19-2)10-15(12)17-20-22-23(3)21-17/h4-8,10,19H,9H2,1-3H3. The Morgan fingerprint density at radius 1 is 1.19 bits per heavy atom. The predicted octanol–water partition coefficient (Wildman–Crippen LogP) is 1.82. The average molecular weight is 375 g/mol. The highest BCUT2D eigenvalue weighted by Gasteiger charge is 2.18. The van der Waals surface area contributed by atoms with Crippen LogP contribution in [0.1, 0.15) is 16.7 Å². The van der Waals surface area contributed by atoms with Crippen LogP contribution in [-0.4, -0.2) is 35.7 Å². The first kappa shape index (κ1) is 18.2. The summed E-state index contributed by atoms with van der Waals surface area (Å²) >= 11 is 0. The molecule has 136 valence electrons. The van der Waals surface area contributed by atoms with Crippen molar-refractivity contribution in [2.75, 3.05) is 7.05 Å². The molecule has 0 atom stereocenters. The highest BCUT2D eigenvalue weighted by Crippen LogP contribution is 2.27. The summed E-state index contributed by atoms with van der Waals surface area (Å²) in [5.74, 6) is 0.00110. The third-order valence-corrected chi connectivity index (χ3v) is 5.47. The van der Waals surface area contributed by atoms with Crippen molar-refractivity contribution in [3.63, 3.8) is 0 Å². The molecular formula is C17H18FN5O2S. The Hall–Kier alpha value is -2.65. The molecule has 9 heteroatoms. The molecule has 0 aliphatic carbocycles. The molecule has 26 heavy (non-hydrogen) atoms. The lowest BCUT2D eigenvalue weighted by molar-refractivity contribution is 0.588. The number of rotatable bonds is 5. The van der Waals surface area contributed by atoms with Crippen LogP contribution in [0.5, 0.6) is 0 Å². The molecule has 0 aliphatic heterocycles. The van der Waals surface area contributed by atoms with Gasteiger partial charge in [-0.3, -0.25) is 0 Å². The van der Waals surface area contributed by atoms with E-state index in [4.69, 9.17) is 0 Å². The molecule has 0 saturated carbocycles. The molecule has 0 spiro atoms. The summed E-state index contributed by atoms with van der Waals surface area (Å²) in [6.45, 7) is 1.70. The van der Waals surface area contributed by atoms with E-state index in [0.717, 1.165) is 0 Å². The monoisotopic (exact) mass is 375 g/mol. The van der Waals surface area contributed by atoms with Crippen molar-refractivity contribution in [3.8, 4) is 11.4 Å². The van der Waals surface area contributed by atoms with Crippen LogP contribution in [-0.2, 0) is 23.5 Å². The lowest BCUT2D eigenvalue weighted by Crippen LogP contribution is -2.18. The minimum Gasteiger partial charge on any atom is -0.214 e. The molecule has 0 unspecified atom stereocenters. The molecule has 0 bridgehead atoms. The van der Waals surface area contributed by atoms with E-state index in [2.05, 4.69) is 20.1 Å². The van der Waals surface area contributed by atoms with Gasteiger partial charge in [-0.1, -0.05) is 24.3 Å². The number of hydrogen-bond donors (Lipinski definition) is 1. The van der Waals surface area contributed by atoms with E-state index < -0.39 is 10.0 Å². The van der Waals surface area contributed by atoms with Gasteiger partial charge < -0.3 is 0 Å². The summed E-state index contributed by atoms with van der Waals surface area (Å²) in [4.78, 5) is 1.36. The second kappa shape index (κ2) is 6.93. The summed E-state index contributed by atoms with van der Waals surface area (Å²) in [5.41, 5.74) is 2.27. The number of nitrogens with one attached hydrogen (secondary N) is 1. The van der Waals surface area contributed by atoms with Gasteiger partial charge in [-0.05, 0) is 48.0 Å². The van der Waals surface area contributed by atoms with E-state index in [0.29, 0.717) is 22.3 Å². The van der Waals surface area contributed by atoms with Crippen LogP contribution in [0.25, 0.3) is 11.4 Å². The number of nitrogens with zero attached hydrogens (tertiary/aromatic N) is 4. The fourth-order valence-electron chi connectivity index (χ4n) is 2.64. The molecule has 1 aromatic heterocycles. The second-order valence-electron chi connectivity index (χ2n) is 5.85. The van der Waals surface area contributed by atoms with Crippen LogP contribution in [0.4, 0.5) is 4.39 Å². The van der Waals surface area contributed by atoms with Crippen molar-refractivity contribution in [1.29, 1.82) is 0 Å². The molecule has 3 aromatic rings. The molecule has 0 saturated heterocycles. The van der Waals surface area contributed by atoms with Crippen molar-refractivity contribution < 1.29 is 12.8 Å². The first-order chi connectivity index (χ1) is 12.3. The lowest BCUT2D eigenvalue weighted by atomic mass is 9.98. The van der Waals surface area contributed by atoms with Gasteiger partial charge in [0.1, 0.15) is 5.82 Å². The topological polar surface area (TPSA) is 89.8 Å². The van der Waals surface area contributed by atoms with Gasteiger partial charge in [-0.2, -0.15) is 4.80 Å². The van der Waals surface area contributed by atoms with Gasteiger partial charge in [-0.15, -0.1) is 10.2 Å². The fraction of sp³-hybridized carbons (Fsp3) is 0.235. The molecule has 7 nitrogen and oxygen atoms in total. The maximum absolute atomic E-state index is 14.4. The molecule has 0 fully saturated rings. The molecule has 0 radical (unpaired) electrons. The third-order valence-electron chi connectivity index (χ3n) is 4.06. The zero-order chi connectivity index (χ0) is 18.9. The minimum atomic E-state index is -3.63. The summed E-state index contributed by atoms with van der Waals surface area (Å²) in [5, 5.41) is 11.9. The Bertz CT molecular complexity index is 1060. The number of hydrogen-bond acceptors (Lipinski definition) is 5. The predicted molar refractivity (Wildman–Crippen MR) is 94.4 cm³/mol. The number of benzene rings is 2. The Kier molecular flexibility index (Phi) is 4.84. The second-order valence-corrected chi connectivity index (χ2v) is 7.74. The highest BCUT2D eigenvalue weighted by molar-refractivity contribution is 7.89. The van der Waals surface area contributed by atoms with Gasteiger partial charge >= 0.3 is 0 Å². The summed E-state index contributed by atoms with van der Waals surface area (Å²) in [6, 6.07) is 9.80. The first-order valence-corrected chi connectivity index (χ1v) is 9.35. The number of aromatic nitrogens is 4. The Labute approximate surface area is 150 Å². The average Bonchev–Trinajstić information content (AvgIpc) is 3.05. The van der Waals surface area contributed by atoms with E-state index in [1.807, 2.05) is 0 Å². The summed E-state index contributed by atoms with van der Waals surface area (Å²) in [6.07, 6.45) is 0.279. The SMILES string of the molecule is CNS(=O)(=O)c1ccc(Cc2cccc(C)c2F)c(-c2nnn(C)n2)c1. The molecular weight excluding hydrogens is 357 g/mol. The van der Waals surface area contributed by atoms with Crippen LogP contribution >= 0.6 is 0 Å². The maximum atomic E-state index is 14.4. The van der Waals surface area contributed by atoms with Crippen LogP contribution in [0.15, 0.2) is 41.3 Å². The summed E-state index contributed by atoms with van der Waals surface area (Å²) < 4.78 is 40.9. The normalized spacial score (nSPS) is 11.7. The molecule has 0 amide bonds. The lowest BCUT2D eigenvalue weighted by Gasteiger charge is -2.11. The van der Waals surface area contributed by atoms with Crippen molar-refractivity contribution in [2.45, 2.75) is 18.2 Å². The van der Waals surface area contributed by atoms with E-state index in [9.17, 15) is 12.8 Å². The van der Waals surface area contributed by atoms with Crippen LogP contribution in [0.3, 0.4) is 0 Å². The zero-order valence-corrected chi connectivity index (χ0v) is 15.4. The van der Waals surface area contributed by atoms with Crippen molar-refractivity contribution in [3.05, 3.63) is 58.9 Å². The number of tetrazole rings is 1. The number of aryl methyl sites for hydroxylation is 2. The van der Waals surface area contributed by atoms with Gasteiger partial charge in [0, 0.05) is 12.0 Å². The first-order valence-electron chi connectivity index (χ1n) is 7.86. The molecule has 1 N–H and O–H groups in total. The van der Waals surface area contributed by atoms with Gasteiger partial charge in [0.2, 0.25) is 15.8 Å². The Balaban J connectivity index is 2.14. The largest absolute Gasteiger partial charge is 0.240 e. The van der Waals surface area contributed by atoms with Crippen molar-refractivity contribution in [2.24, 2.45) is 7.05 Å². The maximum Gasteiger partial charge on any atom is 0.240 e.